The fraction of sp³-hybridized carbons (Fsp3) is 0.167. The van der Waals surface area contributed by atoms with E-state index in [1.54, 1.807) is 19.3 Å². The molecular formula is C12H10BrNO3S. The van der Waals surface area contributed by atoms with Crippen molar-refractivity contribution < 1.29 is 14.3 Å². The number of nitrogens with zero attached hydrogens (tertiary/aromatic N) is 1. The van der Waals surface area contributed by atoms with Gasteiger partial charge in [0.2, 0.25) is 0 Å². The predicted octanol–water partition coefficient (Wildman–Crippen LogP) is 3.12. The van der Waals surface area contributed by atoms with Crippen molar-refractivity contribution in [2.45, 2.75) is 0 Å². The number of ether oxygens (including phenoxy) is 1. The van der Waals surface area contributed by atoms with Crippen LogP contribution in [0.2, 0.25) is 0 Å². The van der Waals surface area contributed by atoms with Gasteiger partial charge in [-0.15, -0.1) is 0 Å². The van der Waals surface area contributed by atoms with Crippen molar-refractivity contribution in [3.63, 3.8) is 0 Å². The van der Waals surface area contributed by atoms with Gasteiger partial charge in [0.15, 0.2) is 0 Å². The second-order valence-corrected chi connectivity index (χ2v) is 5.54. The van der Waals surface area contributed by atoms with Crippen molar-refractivity contribution in [2.24, 2.45) is 0 Å². The average molecular weight is 328 g/mol. The summed E-state index contributed by atoms with van der Waals surface area (Å²) >= 11 is 4.29. The van der Waals surface area contributed by atoms with Crippen molar-refractivity contribution in [1.82, 2.24) is 4.90 Å². The lowest BCUT2D eigenvalue weighted by atomic mass is 10.2. The summed E-state index contributed by atoms with van der Waals surface area (Å²) in [6.45, 7) is 0. The van der Waals surface area contributed by atoms with Crippen LogP contribution in [0.25, 0.3) is 6.08 Å². The molecule has 1 aliphatic rings. The maximum Gasteiger partial charge on any atom is 0.293 e. The van der Waals surface area contributed by atoms with Gasteiger partial charge in [0.05, 0.1) is 12.0 Å². The van der Waals surface area contributed by atoms with Gasteiger partial charge in [-0.05, 0) is 36.0 Å². The van der Waals surface area contributed by atoms with E-state index >= 15 is 0 Å². The molecule has 0 radical (unpaired) electrons. The number of amides is 2. The summed E-state index contributed by atoms with van der Waals surface area (Å²) in [5.41, 5.74) is 0.755. The first kappa shape index (κ1) is 13.2. The second-order valence-electron chi connectivity index (χ2n) is 3.63. The molecular weight excluding hydrogens is 318 g/mol. The van der Waals surface area contributed by atoms with Crippen LogP contribution in [0.5, 0.6) is 5.75 Å². The summed E-state index contributed by atoms with van der Waals surface area (Å²) in [6, 6.07) is 5.48. The second kappa shape index (κ2) is 5.16. The molecule has 1 fully saturated rings. The molecule has 1 saturated heterocycles. The lowest BCUT2D eigenvalue weighted by Crippen LogP contribution is -2.22. The van der Waals surface area contributed by atoms with Crippen molar-refractivity contribution in [2.75, 3.05) is 14.2 Å². The molecule has 4 nitrogen and oxygen atoms in total. The summed E-state index contributed by atoms with van der Waals surface area (Å²) in [7, 11) is 3.03. The maximum absolute atomic E-state index is 11.8. The minimum Gasteiger partial charge on any atom is -0.496 e. The van der Waals surface area contributed by atoms with Gasteiger partial charge in [0.25, 0.3) is 11.1 Å². The lowest BCUT2D eigenvalue weighted by Gasteiger charge is -2.05. The third-order valence-electron chi connectivity index (χ3n) is 2.46. The van der Waals surface area contributed by atoms with Crippen LogP contribution >= 0.6 is 27.7 Å². The Kier molecular flexibility index (Phi) is 3.77. The molecule has 1 heterocycles. The highest BCUT2D eigenvalue weighted by atomic mass is 79.9. The van der Waals surface area contributed by atoms with Crippen LogP contribution in [0.4, 0.5) is 4.79 Å². The van der Waals surface area contributed by atoms with Crippen LogP contribution in [0.1, 0.15) is 5.56 Å². The summed E-state index contributed by atoms with van der Waals surface area (Å²) in [5.74, 6) is 0.369. The molecule has 2 amide bonds. The summed E-state index contributed by atoms with van der Waals surface area (Å²) in [5, 5.41) is -0.264. The molecule has 0 aromatic heterocycles. The van der Waals surface area contributed by atoms with Crippen LogP contribution in [0.15, 0.2) is 27.6 Å². The molecule has 18 heavy (non-hydrogen) atoms. The summed E-state index contributed by atoms with van der Waals surface area (Å²) in [6.07, 6.45) is 1.66. The molecule has 0 aliphatic carbocycles. The Morgan fingerprint density at radius 3 is 2.67 bits per heavy atom. The molecule has 0 saturated carbocycles. The first-order chi connectivity index (χ1) is 8.52. The van der Waals surface area contributed by atoms with Crippen LogP contribution in [0.3, 0.4) is 0 Å². The normalized spacial score (nSPS) is 17.7. The van der Waals surface area contributed by atoms with Crippen molar-refractivity contribution >= 4 is 44.9 Å². The first-order valence-corrected chi connectivity index (χ1v) is 6.69. The number of benzene rings is 1. The Hall–Kier alpha value is -1.27. The van der Waals surface area contributed by atoms with Gasteiger partial charge >= 0.3 is 0 Å². The Morgan fingerprint density at radius 1 is 1.39 bits per heavy atom. The van der Waals surface area contributed by atoms with Crippen molar-refractivity contribution in [1.29, 1.82) is 0 Å². The number of likely N-dealkylation sites (N-methyl/N-ethyl adjacent to an activating group) is 1. The monoisotopic (exact) mass is 327 g/mol. The molecule has 0 unspecified atom stereocenters. The van der Waals surface area contributed by atoms with Gasteiger partial charge in [0, 0.05) is 17.1 Å². The van der Waals surface area contributed by atoms with Gasteiger partial charge in [-0.25, -0.2) is 0 Å². The van der Waals surface area contributed by atoms with Crippen LogP contribution < -0.4 is 4.74 Å². The van der Waals surface area contributed by atoms with Gasteiger partial charge in [-0.2, -0.15) is 0 Å². The fourth-order valence-corrected chi connectivity index (χ4v) is 2.70. The highest BCUT2D eigenvalue weighted by Crippen LogP contribution is 2.33. The quantitative estimate of drug-likeness (QED) is 0.783. The zero-order valence-corrected chi connectivity index (χ0v) is 12.2. The Balaban J connectivity index is 2.42. The van der Waals surface area contributed by atoms with Gasteiger partial charge < -0.3 is 4.74 Å². The third-order valence-corrected chi connectivity index (χ3v) is 3.92. The van der Waals surface area contributed by atoms with E-state index in [4.69, 9.17) is 4.74 Å². The van der Waals surface area contributed by atoms with E-state index in [9.17, 15) is 9.59 Å². The molecule has 2 rings (SSSR count). The van der Waals surface area contributed by atoms with Gasteiger partial charge in [-0.3, -0.25) is 14.5 Å². The minimum atomic E-state index is -0.285. The number of hydrogen-bond acceptors (Lipinski definition) is 4. The summed E-state index contributed by atoms with van der Waals surface area (Å²) < 4.78 is 6.09. The van der Waals surface area contributed by atoms with E-state index in [2.05, 4.69) is 15.9 Å². The van der Waals surface area contributed by atoms with E-state index in [1.807, 2.05) is 12.1 Å². The van der Waals surface area contributed by atoms with Crippen molar-refractivity contribution in [3.05, 3.63) is 33.1 Å². The standard InChI is InChI=1S/C12H10BrNO3S/c1-14-11(15)10(18-12(14)16)6-7-5-8(13)3-4-9(7)17-2/h3-6H,1-2H3/b10-6-. The zero-order valence-electron chi connectivity index (χ0n) is 9.77. The van der Waals surface area contributed by atoms with E-state index < -0.39 is 0 Å². The van der Waals surface area contributed by atoms with Crippen molar-refractivity contribution in [3.8, 4) is 5.75 Å². The van der Waals surface area contributed by atoms with Crippen LogP contribution in [-0.4, -0.2) is 30.2 Å². The van der Waals surface area contributed by atoms with Gasteiger partial charge in [0.1, 0.15) is 5.75 Å². The number of thioether (sulfide) groups is 1. The average Bonchev–Trinajstić information content (AvgIpc) is 2.57. The first-order valence-electron chi connectivity index (χ1n) is 5.08. The molecule has 1 aromatic rings. The molecule has 0 bridgehead atoms. The lowest BCUT2D eigenvalue weighted by molar-refractivity contribution is -0.121. The minimum absolute atomic E-state index is 0.264. The molecule has 0 N–H and O–H groups in total. The van der Waals surface area contributed by atoms with E-state index in [0.29, 0.717) is 10.7 Å². The maximum atomic E-state index is 11.8. The third kappa shape index (κ3) is 2.44. The number of halogens is 1. The zero-order chi connectivity index (χ0) is 13.3. The number of hydrogen-bond donors (Lipinski definition) is 0. The predicted molar refractivity (Wildman–Crippen MR) is 74.4 cm³/mol. The molecule has 6 heteroatoms. The number of carbonyl (C=O) groups excluding carboxylic acids is 2. The topological polar surface area (TPSA) is 46.6 Å². The molecule has 0 spiro atoms. The Morgan fingerprint density at radius 2 is 2.11 bits per heavy atom. The number of carbonyl (C=O) groups is 2. The highest BCUT2D eigenvalue weighted by Gasteiger charge is 2.31. The fourth-order valence-electron chi connectivity index (χ4n) is 1.50. The van der Waals surface area contributed by atoms with Crippen LogP contribution in [0, 0.1) is 0 Å². The summed E-state index contributed by atoms with van der Waals surface area (Å²) in [4.78, 5) is 24.7. The van der Waals surface area contributed by atoms with Crippen LogP contribution in [-0.2, 0) is 4.79 Å². The van der Waals surface area contributed by atoms with E-state index in [1.165, 1.54) is 7.05 Å². The Bertz CT molecular complexity index is 556. The number of imide groups is 1. The SMILES string of the molecule is COc1ccc(Br)cc1/C=C1\SC(=O)N(C)C1=O. The van der Waals surface area contributed by atoms with E-state index in [0.717, 1.165) is 26.7 Å². The number of methoxy groups -OCH3 is 1. The molecule has 94 valence electrons. The Labute approximate surface area is 117 Å². The van der Waals surface area contributed by atoms with E-state index in [-0.39, 0.29) is 11.1 Å². The van der Waals surface area contributed by atoms with Gasteiger partial charge in [-0.1, -0.05) is 15.9 Å². The molecule has 1 aromatic carbocycles. The molecule has 0 atom stereocenters. The number of rotatable bonds is 2. The highest BCUT2D eigenvalue weighted by molar-refractivity contribution is 9.10. The smallest absolute Gasteiger partial charge is 0.293 e. The largest absolute Gasteiger partial charge is 0.496 e. The molecule has 1 aliphatic heterocycles.